The third kappa shape index (κ3) is 2100. The Bertz CT molecular complexity index is 40.0. The molecule has 0 spiro atoms. The molecule has 3 radical (unpaired) electrons. The first-order chi connectivity index (χ1) is 0. The molecule has 0 saturated carbocycles. The number of rotatable bonds is 0. The van der Waals surface area contributed by atoms with E-state index < -0.39 is 0 Å². The molecule has 0 heterocycles. The fourth-order valence-corrected chi connectivity index (χ4v) is 0. The third-order valence-corrected chi connectivity index (χ3v) is 0. The summed E-state index contributed by atoms with van der Waals surface area (Å²) in [6.45, 7) is 0. The Morgan fingerprint density at radius 3 is 0.194 bits per heavy atom. The molecule has 31 heavy (non-hydrogen) atoms. The second kappa shape index (κ2) is 2240. The summed E-state index contributed by atoms with van der Waals surface area (Å²) >= 11 is 0. The molecule has 0 rings (SSSR count). The predicted molar refractivity (Wildman–Crippen MR) is 148 cm³/mol. The minimum absolute atomic E-state index is 0. The van der Waals surface area contributed by atoms with Gasteiger partial charge in [-0.1, -0.05) is 44.6 Å². The van der Waals surface area contributed by atoms with E-state index in [-0.39, 0.29) is 306 Å². The Balaban J connectivity index is 0. The minimum Gasteiger partial charge on any atom is -0.412 e. The third-order valence-electron chi connectivity index (χ3n) is 0. The van der Waals surface area contributed by atoms with Crippen molar-refractivity contribution in [2.24, 2.45) is 0 Å². The van der Waals surface area contributed by atoms with Crippen LogP contribution in [0.15, 0.2) is 0 Å². The summed E-state index contributed by atoms with van der Waals surface area (Å²) in [7, 11) is 0. The molecule has 0 aliphatic carbocycles. The molecule has 0 unspecified atom stereocenters. The quantitative estimate of drug-likeness (QED) is 0.217. The Morgan fingerprint density at radius 2 is 0.194 bits per heavy atom. The maximum absolute atomic E-state index is 0. The van der Waals surface area contributed by atoms with Gasteiger partial charge >= 0.3 is 109 Å². The summed E-state index contributed by atoms with van der Waals surface area (Å²) in [4.78, 5) is 0. The topological polar surface area (TPSA) is 158 Å². The Labute approximate surface area is 302 Å². The Morgan fingerprint density at radius 1 is 0.194 bits per heavy atom. The van der Waals surface area contributed by atoms with E-state index in [1.807, 2.05) is 0 Å². The number of hydrogen-bond donors (Lipinski definition) is 0. The van der Waals surface area contributed by atoms with Gasteiger partial charge in [0.1, 0.15) is 0 Å². The first-order valence-electron chi connectivity index (χ1n) is 0. The van der Waals surface area contributed by atoms with E-state index in [1.165, 1.54) is 0 Å². The molecule has 0 bridgehead atoms. The average molecular weight is 684 g/mol. The van der Waals surface area contributed by atoms with E-state index in [9.17, 15) is 0 Å². The van der Waals surface area contributed by atoms with Crippen molar-refractivity contribution in [3.05, 3.63) is 104 Å². The van der Waals surface area contributed by atoms with Gasteiger partial charge in [0, 0.05) is 21.7 Å². The van der Waals surface area contributed by atoms with Gasteiger partial charge < -0.3 is 131 Å². The van der Waals surface area contributed by atoms with E-state index in [0.717, 1.165) is 0 Å². The zero-order valence-corrected chi connectivity index (χ0v) is 28.9. The van der Waals surface area contributed by atoms with Crippen LogP contribution in [-0.2, 0) is 130 Å². The first kappa shape index (κ1) is 2440. The van der Waals surface area contributed by atoms with Gasteiger partial charge in [-0.05, 0) is 0 Å². The van der Waals surface area contributed by atoms with Gasteiger partial charge in [0.15, 0.2) is 0 Å². The average Bonchev–Trinajstić information content (AvgIpc) is 0. The fraction of sp³-hybridized carbons (Fsp3) is 0.300. The molecule has 10 N–H and O–H groups in total. The maximum Gasteiger partial charge on any atom is 3.00 e. The normalized spacial score (nSPS) is 0. The summed E-state index contributed by atoms with van der Waals surface area (Å²) in [5.41, 5.74) is 0. The van der Waals surface area contributed by atoms with E-state index in [4.69, 9.17) is 0 Å². The Hall–Kier alpha value is 4.09. The van der Waals surface area contributed by atoms with E-state index >= 15 is 0 Å². The van der Waals surface area contributed by atoms with Crippen LogP contribution in [0.3, 0.4) is 0 Å². The molecule has 0 aliphatic heterocycles. The molecule has 0 saturated heterocycles. The minimum atomic E-state index is 0. The molecule has 5 nitrogen and oxygen atoms in total. The first-order valence-corrected chi connectivity index (χ1v) is 0. The van der Waals surface area contributed by atoms with E-state index in [0.29, 0.717) is 0 Å². The van der Waals surface area contributed by atoms with Crippen molar-refractivity contribution in [2.75, 3.05) is 0 Å². The van der Waals surface area contributed by atoms with Crippen LogP contribution in [0.5, 0.6) is 0 Å². The molecular weight excluding hydrogens is 607 g/mol. The van der Waals surface area contributed by atoms with Gasteiger partial charge in [-0.15, -0.1) is 0 Å². The molecule has 0 aromatic carbocycles. The van der Waals surface area contributed by atoms with Crippen LogP contribution in [0.25, 0.3) is 0 Å². The zero-order chi connectivity index (χ0) is 0. The van der Waals surface area contributed by atoms with Crippen molar-refractivity contribution in [1.29, 1.82) is 0 Å². The molecule has 0 amide bonds. The molecule has 211 valence electrons. The van der Waals surface area contributed by atoms with Crippen molar-refractivity contribution in [1.82, 2.24) is 0 Å². The summed E-state index contributed by atoms with van der Waals surface area (Å²) in [6.07, 6.45) is 0. The largest absolute Gasteiger partial charge is 3.00 e. The standard InChI is InChI=1S/6CH4.14CH3.5H2O.6Ti/h6*1H4;14*1H3;5*1H2;;;;;;/q;;;;;;14*-1;;;;;;;2*+2;3*+3. The summed E-state index contributed by atoms with van der Waals surface area (Å²) < 4.78 is 0. The van der Waals surface area contributed by atoms with Crippen LogP contribution in [0.2, 0.25) is 0 Å². The molecule has 0 fully saturated rings. The summed E-state index contributed by atoms with van der Waals surface area (Å²) in [5.74, 6) is 0. The fourth-order valence-electron chi connectivity index (χ4n) is 0. The summed E-state index contributed by atoms with van der Waals surface area (Å²) in [6, 6.07) is 0. The monoisotopic (exact) mass is 684 g/mol. The smallest absolute Gasteiger partial charge is 0.412 e. The molecule has 0 aromatic rings. The van der Waals surface area contributed by atoms with Crippen molar-refractivity contribution in [2.45, 2.75) is 44.6 Å². The zero-order valence-electron chi connectivity index (χ0n) is 19.5. The van der Waals surface area contributed by atoms with Crippen LogP contribution < -0.4 is 0 Å². The Kier molecular flexibility index (Phi) is 176000. The van der Waals surface area contributed by atoms with Crippen LogP contribution in [0.4, 0.5) is 0 Å². The van der Waals surface area contributed by atoms with Crippen LogP contribution >= 0.6 is 0 Å². The van der Waals surface area contributed by atoms with Gasteiger partial charge in [-0.25, -0.2) is 0 Å². The second-order valence-corrected chi connectivity index (χ2v) is 0. The van der Waals surface area contributed by atoms with Crippen LogP contribution in [0, 0.1) is 104 Å². The van der Waals surface area contributed by atoms with Gasteiger partial charge in [0.2, 0.25) is 0 Å². The van der Waals surface area contributed by atoms with Crippen LogP contribution in [0.1, 0.15) is 44.6 Å². The molecule has 0 atom stereocenters. The molecule has 11 heteroatoms. The van der Waals surface area contributed by atoms with Crippen LogP contribution in [-0.4, -0.2) is 27.4 Å². The SMILES string of the molecule is C.C.C.C.C.C.O.O.O.O.O.[CH3-].[CH3-].[CH3-].[CH3-].[CH3-].[CH3-].[CH3-].[CH3-].[CH3-].[CH3-].[CH3-].[CH3-].[CH3-].[CH3-].[Ti+2].[Ti+2].[Ti+3].[Ti+3].[Ti+3].[Ti]. The van der Waals surface area contributed by atoms with E-state index in [1.54, 1.807) is 0 Å². The van der Waals surface area contributed by atoms with Gasteiger partial charge in [0.25, 0.3) is 0 Å². The summed E-state index contributed by atoms with van der Waals surface area (Å²) in [5, 5.41) is 0. The van der Waals surface area contributed by atoms with Crippen molar-refractivity contribution < 1.29 is 158 Å². The van der Waals surface area contributed by atoms with Crippen molar-refractivity contribution >= 4 is 0 Å². The van der Waals surface area contributed by atoms with E-state index in [2.05, 4.69) is 0 Å². The van der Waals surface area contributed by atoms with Crippen molar-refractivity contribution in [3.63, 3.8) is 0 Å². The molecule has 0 aromatic heterocycles. The second-order valence-electron chi connectivity index (χ2n) is 0. The maximum atomic E-state index is 0. The van der Waals surface area contributed by atoms with Crippen molar-refractivity contribution in [3.8, 4) is 0 Å². The van der Waals surface area contributed by atoms with Gasteiger partial charge in [-0.2, -0.15) is 0 Å². The molecular formula is C20H76O5Ti6-. The number of hydrogen-bond acceptors (Lipinski definition) is 0. The predicted octanol–water partition coefficient (Wildman–Crippen LogP) is 5.98. The van der Waals surface area contributed by atoms with Gasteiger partial charge in [-0.3, -0.25) is 0 Å². The molecule has 0 aliphatic rings. The van der Waals surface area contributed by atoms with Gasteiger partial charge in [0.05, 0.1) is 0 Å².